The van der Waals surface area contributed by atoms with Gasteiger partial charge in [0.1, 0.15) is 5.82 Å². The van der Waals surface area contributed by atoms with E-state index in [1.54, 1.807) is 0 Å². The van der Waals surface area contributed by atoms with Gasteiger partial charge < -0.3 is 9.88 Å². The first-order chi connectivity index (χ1) is 8.47. The zero-order valence-electron chi connectivity index (χ0n) is 9.96. The van der Waals surface area contributed by atoms with E-state index in [1.165, 1.54) is 0 Å². The molecule has 2 rings (SSSR count). The average Bonchev–Trinajstić information content (AvgIpc) is 2.59. The molecule has 0 aliphatic carbocycles. The van der Waals surface area contributed by atoms with Gasteiger partial charge in [-0.2, -0.15) is 13.2 Å². The van der Waals surface area contributed by atoms with E-state index in [0.717, 1.165) is 16.9 Å². The van der Waals surface area contributed by atoms with Gasteiger partial charge in [-0.15, -0.1) is 0 Å². The monoisotopic (exact) mass is 257 g/mol. The fourth-order valence-electron chi connectivity index (χ4n) is 1.90. The third kappa shape index (κ3) is 3.01. The lowest BCUT2D eigenvalue weighted by Gasteiger charge is -2.10. The first kappa shape index (κ1) is 12.9. The van der Waals surface area contributed by atoms with E-state index in [9.17, 15) is 13.2 Å². The number of aromatic nitrogens is 2. The van der Waals surface area contributed by atoms with Crippen molar-refractivity contribution in [2.24, 2.45) is 0 Å². The normalized spacial score (nSPS) is 12.2. The Morgan fingerprint density at radius 1 is 1.28 bits per heavy atom. The quantitative estimate of drug-likeness (QED) is 0.853. The van der Waals surface area contributed by atoms with Crippen LogP contribution in [0.4, 0.5) is 13.2 Å². The van der Waals surface area contributed by atoms with Gasteiger partial charge in [0.2, 0.25) is 0 Å². The minimum absolute atomic E-state index is 0.265. The maximum atomic E-state index is 12.0. The summed E-state index contributed by atoms with van der Waals surface area (Å²) in [5.41, 5.74) is 1.81. The summed E-state index contributed by atoms with van der Waals surface area (Å²) in [5.74, 6) is 0.810. The number of rotatable bonds is 4. The van der Waals surface area contributed by atoms with Gasteiger partial charge in [0.15, 0.2) is 0 Å². The van der Waals surface area contributed by atoms with Crippen molar-refractivity contribution in [3.8, 4) is 0 Å². The molecule has 18 heavy (non-hydrogen) atoms. The first-order valence-electron chi connectivity index (χ1n) is 5.67. The summed E-state index contributed by atoms with van der Waals surface area (Å²) in [6, 6.07) is 7.59. The zero-order valence-corrected chi connectivity index (χ0v) is 9.96. The predicted molar refractivity (Wildman–Crippen MR) is 63.4 cm³/mol. The Morgan fingerprint density at radius 2 is 2.00 bits per heavy atom. The second kappa shape index (κ2) is 4.97. The number of para-hydroxylation sites is 2. The standard InChI is InChI=1S/C12H14F3N3/c1-9-17-10-4-2-3-5-11(10)18(9)7-6-16-8-12(13,14)15/h2-5,16H,6-8H2,1H3. The van der Waals surface area contributed by atoms with Crippen molar-refractivity contribution in [2.45, 2.75) is 19.6 Å². The Morgan fingerprint density at radius 3 is 2.72 bits per heavy atom. The van der Waals surface area contributed by atoms with Crippen molar-refractivity contribution < 1.29 is 13.2 Å². The van der Waals surface area contributed by atoms with Gasteiger partial charge in [-0.05, 0) is 19.1 Å². The van der Waals surface area contributed by atoms with E-state index in [-0.39, 0.29) is 6.54 Å². The van der Waals surface area contributed by atoms with Crippen molar-refractivity contribution in [3.05, 3.63) is 30.1 Å². The van der Waals surface area contributed by atoms with E-state index >= 15 is 0 Å². The van der Waals surface area contributed by atoms with Crippen molar-refractivity contribution in [3.63, 3.8) is 0 Å². The van der Waals surface area contributed by atoms with Crippen LogP contribution in [0.5, 0.6) is 0 Å². The molecule has 0 atom stereocenters. The molecule has 0 fully saturated rings. The molecular weight excluding hydrogens is 243 g/mol. The van der Waals surface area contributed by atoms with E-state index in [2.05, 4.69) is 10.3 Å². The van der Waals surface area contributed by atoms with Gasteiger partial charge in [-0.3, -0.25) is 0 Å². The minimum Gasteiger partial charge on any atom is -0.327 e. The number of nitrogens with zero attached hydrogens (tertiary/aromatic N) is 2. The molecule has 1 heterocycles. The fourth-order valence-corrected chi connectivity index (χ4v) is 1.90. The Balaban J connectivity index is 2.01. The highest BCUT2D eigenvalue weighted by atomic mass is 19.4. The molecule has 2 aromatic rings. The van der Waals surface area contributed by atoms with Gasteiger partial charge in [-0.25, -0.2) is 4.98 Å². The molecule has 0 radical (unpaired) electrons. The van der Waals surface area contributed by atoms with Gasteiger partial charge >= 0.3 is 6.18 Å². The van der Waals surface area contributed by atoms with Crippen LogP contribution >= 0.6 is 0 Å². The number of nitrogens with one attached hydrogen (secondary N) is 1. The van der Waals surface area contributed by atoms with Crippen molar-refractivity contribution >= 4 is 11.0 Å². The third-order valence-electron chi connectivity index (χ3n) is 2.68. The van der Waals surface area contributed by atoms with Crippen LogP contribution in [0.2, 0.25) is 0 Å². The number of hydrogen-bond acceptors (Lipinski definition) is 2. The molecule has 1 N–H and O–H groups in total. The SMILES string of the molecule is Cc1nc2ccccc2n1CCNCC(F)(F)F. The summed E-state index contributed by atoms with van der Waals surface area (Å²) in [7, 11) is 0. The van der Waals surface area contributed by atoms with E-state index in [4.69, 9.17) is 0 Å². The molecule has 0 saturated heterocycles. The number of imidazole rings is 1. The van der Waals surface area contributed by atoms with Crippen LogP contribution in [0.1, 0.15) is 5.82 Å². The summed E-state index contributed by atoms with van der Waals surface area (Å²) in [6.07, 6.45) is -4.16. The molecule has 1 aromatic heterocycles. The number of aryl methyl sites for hydroxylation is 1. The summed E-state index contributed by atoms with van der Waals surface area (Å²) < 4.78 is 37.8. The second-order valence-corrected chi connectivity index (χ2v) is 4.09. The van der Waals surface area contributed by atoms with Crippen LogP contribution in [0.25, 0.3) is 11.0 Å². The molecule has 0 aliphatic heterocycles. The Labute approximate surface area is 103 Å². The molecule has 0 amide bonds. The molecule has 0 unspecified atom stereocenters. The minimum atomic E-state index is -4.16. The van der Waals surface area contributed by atoms with Crippen molar-refractivity contribution in [2.75, 3.05) is 13.1 Å². The molecule has 0 spiro atoms. The lowest BCUT2D eigenvalue weighted by molar-refractivity contribution is -0.124. The smallest absolute Gasteiger partial charge is 0.327 e. The van der Waals surface area contributed by atoms with Crippen molar-refractivity contribution in [1.82, 2.24) is 14.9 Å². The lowest BCUT2D eigenvalue weighted by atomic mass is 10.3. The van der Waals surface area contributed by atoms with E-state index in [0.29, 0.717) is 6.54 Å². The molecule has 98 valence electrons. The molecule has 0 aliphatic rings. The highest BCUT2D eigenvalue weighted by molar-refractivity contribution is 5.75. The Hall–Kier alpha value is -1.56. The topological polar surface area (TPSA) is 29.9 Å². The maximum Gasteiger partial charge on any atom is 0.401 e. The second-order valence-electron chi connectivity index (χ2n) is 4.09. The molecule has 3 nitrogen and oxygen atoms in total. The highest BCUT2D eigenvalue weighted by Crippen LogP contribution is 2.15. The van der Waals surface area contributed by atoms with E-state index < -0.39 is 12.7 Å². The summed E-state index contributed by atoms with van der Waals surface area (Å²) in [5, 5.41) is 2.38. The average molecular weight is 257 g/mol. The lowest BCUT2D eigenvalue weighted by Crippen LogP contribution is -2.31. The van der Waals surface area contributed by atoms with Crippen LogP contribution in [-0.4, -0.2) is 28.8 Å². The highest BCUT2D eigenvalue weighted by Gasteiger charge is 2.25. The van der Waals surface area contributed by atoms with Crippen LogP contribution in [0.15, 0.2) is 24.3 Å². The van der Waals surface area contributed by atoms with Gasteiger partial charge in [0.05, 0.1) is 17.6 Å². The Kier molecular flexibility index (Phi) is 3.56. The molecule has 0 saturated carbocycles. The fraction of sp³-hybridized carbons (Fsp3) is 0.417. The number of halogens is 3. The number of alkyl halides is 3. The van der Waals surface area contributed by atoms with Gasteiger partial charge in [0, 0.05) is 13.1 Å². The summed E-state index contributed by atoms with van der Waals surface area (Å²) in [4.78, 5) is 4.35. The summed E-state index contributed by atoms with van der Waals surface area (Å²) in [6.45, 7) is 1.63. The molecule has 6 heteroatoms. The van der Waals surface area contributed by atoms with Crippen LogP contribution in [0, 0.1) is 6.92 Å². The number of fused-ring (bicyclic) bond motifs is 1. The molecule has 1 aromatic carbocycles. The first-order valence-corrected chi connectivity index (χ1v) is 5.67. The third-order valence-corrected chi connectivity index (χ3v) is 2.68. The van der Waals surface area contributed by atoms with Gasteiger partial charge in [0.25, 0.3) is 0 Å². The summed E-state index contributed by atoms with van der Waals surface area (Å²) >= 11 is 0. The largest absolute Gasteiger partial charge is 0.401 e. The zero-order chi connectivity index (χ0) is 13.2. The van der Waals surface area contributed by atoms with Gasteiger partial charge in [-0.1, -0.05) is 12.1 Å². The van der Waals surface area contributed by atoms with Crippen LogP contribution < -0.4 is 5.32 Å². The number of hydrogen-bond donors (Lipinski definition) is 1. The van der Waals surface area contributed by atoms with E-state index in [1.807, 2.05) is 35.8 Å². The maximum absolute atomic E-state index is 12.0. The van der Waals surface area contributed by atoms with Crippen molar-refractivity contribution in [1.29, 1.82) is 0 Å². The van der Waals surface area contributed by atoms with Crippen LogP contribution in [0.3, 0.4) is 0 Å². The Bertz CT molecular complexity index is 531. The molecule has 0 bridgehead atoms. The predicted octanol–water partition coefficient (Wildman–Crippen LogP) is 2.50. The van der Waals surface area contributed by atoms with Crippen LogP contribution in [-0.2, 0) is 6.54 Å². The number of benzene rings is 1. The molecular formula is C12H14F3N3.